The molecule has 1 fully saturated rings. The molecule has 2 amide bonds. The van der Waals surface area contributed by atoms with Gasteiger partial charge in [-0.15, -0.1) is 0 Å². The third-order valence-corrected chi connectivity index (χ3v) is 4.88. The molecule has 1 aliphatic heterocycles. The van der Waals surface area contributed by atoms with Gasteiger partial charge < -0.3 is 19.3 Å². The Morgan fingerprint density at radius 3 is 2.41 bits per heavy atom. The second-order valence-corrected chi connectivity index (χ2v) is 6.70. The van der Waals surface area contributed by atoms with Crippen LogP contribution in [0.4, 0.5) is 0 Å². The number of aromatic amines is 1. The fourth-order valence-electron chi connectivity index (χ4n) is 3.42. The van der Waals surface area contributed by atoms with Crippen LogP contribution in [0.1, 0.15) is 17.3 Å². The van der Waals surface area contributed by atoms with E-state index < -0.39 is 0 Å². The van der Waals surface area contributed by atoms with E-state index in [1.54, 1.807) is 11.8 Å². The van der Waals surface area contributed by atoms with Crippen molar-refractivity contribution in [3.63, 3.8) is 0 Å². The molecule has 0 aliphatic carbocycles. The van der Waals surface area contributed by atoms with Crippen LogP contribution in [0.25, 0.3) is 10.9 Å². The monoisotopic (exact) mass is 367 g/mol. The van der Waals surface area contributed by atoms with E-state index >= 15 is 0 Å². The summed E-state index contributed by atoms with van der Waals surface area (Å²) in [4.78, 5) is 35.8. The van der Waals surface area contributed by atoms with Crippen molar-refractivity contribution in [1.82, 2.24) is 24.9 Å². The SMILES string of the molecule is Cc1nc(CC(=O)N2CCN(C(=O)Cc3c[nH]c4ccccc34)CC2)no1. The van der Waals surface area contributed by atoms with Gasteiger partial charge >= 0.3 is 0 Å². The maximum Gasteiger partial charge on any atom is 0.230 e. The second-order valence-electron chi connectivity index (χ2n) is 6.70. The molecule has 1 aromatic carbocycles. The van der Waals surface area contributed by atoms with Gasteiger partial charge in [-0.05, 0) is 11.6 Å². The molecular weight excluding hydrogens is 346 g/mol. The summed E-state index contributed by atoms with van der Waals surface area (Å²) < 4.78 is 4.89. The van der Waals surface area contributed by atoms with Crippen molar-refractivity contribution in [2.75, 3.05) is 26.2 Å². The molecule has 0 saturated carbocycles. The van der Waals surface area contributed by atoms with Gasteiger partial charge in [0.1, 0.15) is 0 Å². The Bertz CT molecular complexity index is 969. The maximum absolute atomic E-state index is 12.7. The quantitative estimate of drug-likeness (QED) is 0.750. The molecule has 0 radical (unpaired) electrons. The number of para-hydroxylation sites is 1. The van der Waals surface area contributed by atoms with E-state index in [4.69, 9.17) is 4.52 Å². The van der Waals surface area contributed by atoms with Crippen LogP contribution in [-0.2, 0) is 22.4 Å². The Morgan fingerprint density at radius 2 is 1.74 bits per heavy atom. The number of piperazine rings is 1. The minimum atomic E-state index is -0.0421. The smallest absolute Gasteiger partial charge is 0.230 e. The van der Waals surface area contributed by atoms with Crippen LogP contribution >= 0.6 is 0 Å². The highest BCUT2D eigenvalue weighted by Gasteiger charge is 2.25. The Labute approximate surface area is 156 Å². The average Bonchev–Trinajstić information content (AvgIpc) is 3.28. The first-order chi connectivity index (χ1) is 13.1. The van der Waals surface area contributed by atoms with Crippen molar-refractivity contribution in [2.45, 2.75) is 19.8 Å². The number of carbonyl (C=O) groups excluding carboxylic acids is 2. The second kappa shape index (κ2) is 7.22. The first-order valence-electron chi connectivity index (χ1n) is 9.00. The van der Waals surface area contributed by atoms with Gasteiger partial charge in [0.05, 0.1) is 12.8 Å². The lowest BCUT2D eigenvalue weighted by Crippen LogP contribution is -2.51. The predicted octanol–water partition coefficient (Wildman–Crippen LogP) is 1.32. The number of carbonyl (C=O) groups is 2. The molecule has 0 atom stereocenters. The molecule has 27 heavy (non-hydrogen) atoms. The number of aryl methyl sites for hydroxylation is 1. The van der Waals surface area contributed by atoms with E-state index in [2.05, 4.69) is 15.1 Å². The van der Waals surface area contributed by atoms with E-state index in [0.717, 1.165) is 16.5 Å². The van der Waals surface area contributed by atoms with Gasteiger partial charge in [0.15, 0.2) is 5.82 Å². The Morgan fingerprint density at radius 1 is 1.07 bits per heavy atom. The standard InChI is InChI=1S/C19H21N5O3/c1-13-21-17(22-27-13)11-19(26)24-8-6-23(7-9-24)18(25)10-14-12-20-16-5-3-2-4-15(14)16/h2-5,12,20H,6-11H2,1H3. The van der Waals surface area contributed by atoms with Crippen molar-refractivity contribution >= 4 is 22.7 Å². The highest BCUT2D eigenvalue weighted by atomic mass is 16.5. The third kappa shape index (κ3) is 3.69. The van der Waals surface area contributed by atoms with Crippen LogP contribution in [0.3, 0.4) is 0 Å². The number of aromatic nitrogens is 3. The molecule has 4 rings (SSSR count). The summed E-state index contributed by atoms with van der Waals surface area (Å²) in [6.07, 6.45) is 2.38. The van der Waals surface area contributed by atoms with Gasteiger partial charge in [0.2, 0.25) is 17.7 Å². The first-order valence-corrected chi connectivity index (χ1v) is 9.00. The van der Waals surface area contributed by atoms with E-state index in [1.165, 1.54) is 0 Å². The number of nitrogens with one attached hydrogen (secondary N) is 1. The number of benzene rings is 1. The van der Waals surface area contributed by atoms with E-state index in [1.807, 2.05) is 35.4 Å². The van der Waals surface area contributed by atoms with Crippen LogP contribution in [0.2, 0.25) is 0 Å². The summed E-state index contributed by atoms with van der Waals surface area (Å²) in [7, 11) is 0. The zero-order valence-corrected chi connectivity index (χ0v) is 15.1. The van der Waals surface area contributed by atoms with Gasteiger partial charge in [-0.25, -0.2) is 0 Å². The lowest BCUT2D eigenvalue weighted by Gasteiger charge is -2.34. The molecule has 0 unspecified atom stereocenters. The lowest BCUT2D eigenvalue weighted by atomic mass is 10.1. The van der Waals surface area contributed by atoms with Crippen LogP contribution < -0.4 is 0 Å². The Balaban J connectivity index is 1.32. The molecule has 8 nitrogen and oxygen atoms in total. The molecular formula is C19H21N5O3. The molecule has 1 N–H and O–H groups in total. The average molecular weight is 367 g/mol. The zero-order chi connectivity index (χ0) is 18.8. The van der Waals surface area contributed by atoms with Crippen LogP contribution in [-0.4, -0.2) is 62.9 Å². The van der Waals surface area contributed by atoms with Gasteiger partial charge in [-0.3, -0.25) is 9.59 Å². The Kier molecular flexibility index (Phi) is 4.62. The highest BCUT2D eigenvalue weighted by Crippen LogP contribution is 2.19. The number of H-pyrrole nitrogens is 1. The summed E-state index contributed by atoms with van der Waals surface area (Å²) in [6, 6.07) is 7.96. The van der Waals surface area contributed by atoms with Crippen molar-refractivity contribution in [1.29, 1.82) is 0 Å². The van der Waals surface area contributed by atoms with Crippen molar-refractivity contribution < 1.29 is 14.1 Å². The van der Waals surface area contributed by atoms with Crippen LogP contribution in [0.5, 0.6) is 0 Å². The fraction of sp³-hybridized carbons (Fsp3) is 0.368. The first kappa shape index (κ1) is 17.3. The minimum Gasteiger partial charge on any atom is -0.361 e. The van der Waals surface area contributed by atoms with Crippen molar-refractivity contribution in [3.8, 4) is 0 Å². The normalized spacial score (nSPS) is 14.7. The molecule has 1 aliphatic rings. The van der Waals surface area contributed by atoms with Crippen LogP contribution in [0, 0.1) is 6.92 Å². The number of amides is 2. The summed E-state index contributed by atoms with van der Waals surface area (Å²) in [6.45, 7) is 3.82. The molecule has 3 heterocycles. The fourth-order valence-corrected chi connectivity index (χ4v) is 3.42. The number of nitrogens with zero attached hydrogens (tertiary/aromatic N) is 4. The van der Waals surface area contributed by atoms with Crippen molar-refractivity contribution in [3.05, 3.63) is 47.7 Å². The van der Waals surface area contributed by atoms with Gasteiger partial charge in [-0.2, -0.15) is 4.98 Å². The third-order valence-electron chi connectivity index (χ3n) is 4.88. The largest absolute Gasteiger partial charge is 0.361 e. The van der Waals surface area contributed by atoms with Gasteiger partial charge in [0, 0.05) is 50.2 Å². The molecule has 1 saturated heterocycles. The van der Waals surface area contributed by atoms with E-state index in [0.29, 0.717) is 44.3 Å². The topological polar surface area (TPSA) is 95.3 Å². The van der Waals surface area contributed by atoms with Gasteiger partial charge in [0.25, 0.3) is 0 Å². The number of hydrogen-bond acceptors (Lipinski definition) is 5. The minimum absolute atomic E-state index is 0.0421. The maximum atomic E-state index is 12.7. The number of fused-ring (bicyclic) bond motifs is 1. The Hall–Kier alpha value is -3.16. The van der Waals surface area contributed by atoms with Gasteiger partial charge in [-0.1, -0.05) is 23.4 Å². The van der Waals surface area contributed by atoms with E-state index in [-0.39, 0.29) is 18.2 Å². The molecule has 8 heteroatoms. The molecule has 0 spiro atoms. The lowest BCUT2D eigenvalue weighted by molar-refractivity contribution is -0.138. The summed E-state index contributed by atoms with van der Waals surface area (Å²) >= 11 is 0. The molecule has 2 aromatic heterocycles. The molecule has 0 bridgehead atoms. The summed E-state index contributed by atoms with van der Waals surface area (Å²) in [5.74, 6) is 0.890. The zero-order valence-electron chi connectivity index (χ0n) is 15.1. The summed E-state index contributed by atoms with van der Waals surface area (Å²) in [5.41, 5.74) is 2.04. The van der Waals surface area contributed by atoms with Crippen LogP contribution in [0.15, 0.2) is 35.0 Å². The molecule has 3 aromatic rings. The number of rotatable bonds is 4. The molecule has 140 valence electrons. The van der Waals surface area contributed by atoms with Crippen molar-refractivity contribution in [2.24, 2.45) is 0 Å². The highest BCUT2D eigenvalue weighted by molar-refractivity contribution is 5.89. The predicted molar refractivity (Wildman–Crippen MR) is 97.9 cm³/mol. The summed E-state index contributed by atoms with van der Waals surface area (Å²) in [5, 5.41) is 4.84. The number of hydrogen-bond donors (Lipinski definition) is 1. The van der Waals surface area contributed by atoms with E-state index in [9.17, 15) is 9.59 Å².